The summed E-state index contributed by atoms with van der Waals surface area (Å²) in [5, 5.41) is 0. The van der Waals surface area contributed by atoms with E-state index in [-0.39, 0.29) is 0 Å². The lowest BCUT2D eigenvalue weighted by molar-refractivity contribution is 0.290. The predicted molar refractivity (Wildman–Crippen MR) is 66.5 cm³/mol. The molecule has 0 aromatic heterocycles. The Labute approximate surface area is 91.5 Å². The van der Waals surface area contributed by atoms with Crippen LogP contribution < -0.4 is 0 Å². The van der Waals surface area contributed by atoms with Crippen LogP contribution in [0.15, 0.2) is 0 Å². The van der Waals surface area contributed by atoms with Gasteiger partial charge in [-0.05, 0) is 24.2 Å². The number of hydrogen-bond acceptors (Lipinski definition) is 0. The number of unbranched alkanes of at least 4 members (excludes halogenated alkanes) is 2. The van der Waals surface area contributed by atoms with Gasteiger partial charge >= 0.3 is 0 Å². The van der Waals surface area contributed by atoms with Crippen LogP contribution in [0.5, 0.6) is 0 Å². The van der Waals surface area contributed by atoms with Crippen molar-refractivity contribution in [3.63, 3.8) is 0 Å². The fraction of sp³-hybridized carbons (Fsp3) is 1.00. The molecule has 0 heterocycles. The van der Waals surface area contributed by atoms with Gasteiger partial charge < -0.3 is 0 Å². The Balaban J connectivity index is 3.58. The van der Waals surface area contributed by atoms with Crippen LogP contribution in [0.4, 0.5) is 0 Å². The van der Waals surface area contributed by atoms with E-state index in [0.29, 0.717) is 0 Å². The molecule has 0 aliphatic rings. The van der Waals surface area contributed by atoms with Gasteiger partial charge in [0, 0.05) is 0 Å². The molecule has 3 unspecified atom stereocenters. The summed E-state index contributed by atoms with van der Waals surface area (Å²) in [6.07, 6.45) is 8.40. The molecule has 0 spiro atoms. The summed E-state index contributed by atoms with van der Waals surface area (Å²) in [4.78, 5) is 0. The summed E-state index contributed by atoms with van der Waals surface area (Å²) in [6, 6.07) is 0. The molecule has 0 aliphatic heterocycles. The zero-order valence-electron chi connectivity index (χ0n) is 11.0. The van der Waals surface area contributed by atoms with Gasteiger partial charge in [-0.2, -0.15) is 0 Å². The van der Waals surface area contributed by atoms with Crippen LogP contribution >= 0.6 is 0 Å². The van der Waals surface area contributed by atoms with Crippen LogP contribution in [0.3, 0.4) is 0 Å². The predicted octanol–water partition coefficient (Wildman–Crippen LogP) is 5.28. The van der Waals surface area contributed by atoms with Gasteiger partial charge in [-0.3, -0.25) is 0 Å². The summed E-state index contributed by atoms with van der Waals surface area (Å²) in [5.41, 5.74) is 0. The third-order valence-corrected chi connectivity index (χ3v) is 3.71. The summed E-state index contributed by atoms with van der Waals surface area (Å²) in [7, 11) is 0. The number of rotatable bonds is 8. The maximum Gasteiger partial charge on any atom is -0.0414 e. The van der Waals surface area contributed by atoms with E-state index < -0.39 is 0 Å². The molecular weight excluding hydrogens is 168 g/mol. The molecule has 0 aromatic carbocycles. The molecule has 3 atom stereocenters. The second kappa shape index (κ2) is 8.32. The second-order valence-corrected chi connectivity index (χ2v) is 5.20. The first-order valence-corrected chi connectivity index (χ1v) is 6.61. The van der Waals surface area contributed by atoms with Crippen molar-refractivity contribution >= 4 is 0 Å². The molecule has 0 heteroatoms. The third kappa shape index (κ3) is 6.45. The van der Waals surface area contributed by atoms with Crippen LogP contribution in [0.2, 0.25) is 0 Å². The van der Waals surface area contributed by atoms with Crippen LogP contribution in [0, 0.1) is 17.8 Å². The average Bonchev–Trinajstić information content (AvgIpc) is 2.17. The highest BCUT2D eigenvalue weighted by atomic mass is 14.2. The summed E-state index contributed by atoms with van der Waals surface area (Å²) in [6.45, 7) is 11.8. The van der Waals surface area contributed by atoms with Crippen LogP contribution in [-0.4, -0.2) is 0 Å². The minimum atomic E-state index is 0.915. The SMILES string of the molecule is CCCCCC(C)C(C)CC(C)CC. The Bertz CT molecular complexity index is 117. The van der Waals surface area contributed by atoms with Gasteiger partial charge in [-0.25, -0.2) is 0 Å². The normalized spacial score (nSPS) is 17.8. The van der Waals surface area contributed by atoms with Gasteiger partial charge in [0.15, 0.2) is 0 Å². The van der Waals surface area contributed by atoms with Crippen molar-refractivity contribution in [1.82, 2.24) is 0 Å². The fourth-order valence-corrected chi connectivity index (χ4v) is 2.03. The molecule has 0 radical (unpaired) electrons. The molecular formula is C14H30. The smallest absolute Gasteiger partial charge is 0.0414 e. The van der Waals surface area contributed by atoms with Crippen molar-refractivity contribution < 1.29 is 0 Å². The van der Waals surface area contributed by atoms with Crippen molar-refractivity contribution in [2.75, 3.05) is 0 Å². The molecule has 0 aromatic rings. The lowest BCUT2D eigenvalue weighted by Crippen LogP contribution is -2.11. The van der Waals surface area contributed by atoms with Gasteiger partial charge in [0.25, 0.3) is 0 Å². The van der Waals surface area contributed by atoms with Gasteiger partial charge in [0.2, 0.25) is 0 Å². The molecule has 0 nitrogen and oxygen atoms in total. The van der Waals surface area contributed by atoms with E-state index in [0.717, 1.165) is 17.8 Å². The zero-order valence-corrected chi connectivity index (χ0v) is 11.0. The maximum absolute atomic E-state index is 2.43. The van der Waals surface area contributed by atoms with E-state index in [1.54, 1.807) is 0 Å². The van der Waals surface area contributed by atoms with E-state index in [9.17, 15) is 0 Å². The van der Waals surface area contributed by atoms with Crippen LogP contribution in [0.25, 0.3) is 0 Å². The lowest BCUT2D eigenvalue weighted by atomic mass is 9.84. The number of hydrogen-bond donors (Lipinski definition) is 0. The maximum atomic E-state index is 2.43. The molecule has 0 bridgehead atoms. The molecule has 0 fully saturated rings. The van der Waals surface area contributed by atoms with Crippen molar-refractivity contribution in [1.29, 1.82) is 0 Å². The van der Waals surface area contributed by atoms with Gasteiger partial charge in [-0.15, -0.1) is 0 Å². The minimum absolute atomic E-state index is 0.915. The Kier molecular flexibility index (Phi) is 8.32. The first-order chi connectivity index (χ1) is 6.61. The van der Waals surface area contributed by atoms with Crippen molar-refractivity contribution in [3.05, 3.63) is 0 Å². The highest BCUT2D eigenvalue weighted by Gasteiger charge is 2.14. The molecule has 14 heavy (non-hydrogen) atoms. The molecule has 0 saturated heterocycles. The summed E-state index contributed by atoms with van der Waals surface area (Å²) < 4.78 is 0. The molecule has 0 saturated carbocycles. The summed E-state index contributed by atoms with van der Waals surface area (Å²) in [5.74, 6) is 2.76. The first-order valence-electron chi connectivity index (χ1n) is 6.61. The van der Waals surface area contributed by atoms with Gasteiger partial charge in [0.05, 0.1) is 0 Å². The Hall–Kier alpha value is 0. The first kappa shape index (κ1) is 14.0. The Morgan fingerprint density at radius 2 is 1.50 bits per heavy atom. The highest BCUT2D eigenvalue weighted by Crippen LogP contribution is 2.25. The van der Waals surface area contributed by atoms with E-state index in [2.05, 4.69) is 34.6 Å². The fourth-order valence-electron chi connectivity index (χ4n) is 2.03. The Morgan fingerprint density at radius 3 is 2.00 bits per heavy atom. The standard InChI is InChI=1S/C14H30/c1-6-8-9-10-13(4)14(5)11-12(3)7-2/h12-14H,6-11H2,1-5H3. The lowest BCUT2D eigenvalue weighted by Gasteiger charge is -2.22. The third-order valence-electron chi connectivity index (χ3n) is 3.71. The quantitative estimate of drug-likeness (QED) is 0.466. The van der Waals surface area contributed by atoms with E-state index in [4.69, 9.17) is 0 Å². The van der Waals surface area contributed by atoms with Crippen LogP contribution in [0.1, 0.15) is 73.1 Å². The van der Waals surface area contributed by atoms with Crippen molar-refractivity contribution in [3.8, 4) is 0 Å². The molecule has 0 N–H and O–H groups in total. The van der Waals surface area contributed by atoms with Crippen molar-refractivity contribution in [2.45, 2.75) is 73.1 Å². The molecule has 0 rings (SSSR count). The van der Waals surface area contributed by atoms with Crippen LogP contribution in [-0.2, 0) is 0 Å². The summed E-state index contributed by atoms with van der Waals surface area (Å²) >= 11 is 0. The monoisotopic (exact) mass is 198 g/mol. The molecule has 0 aliphatic carbocycles. The van der Waals surface area contributed by atoms with Crippen molar-refractivity contribution in [2.24, 2.45) is 17.8 Å². The van der Waals surface area contributed by atoms with E-state index in [1.807, 2.05) is 0 Å². The van der Waals surface area contributed by atoms with E-state index in [1.165, 1.54) is 38.5 Å². The van der Waals surface area contributed by atoms with E-state index >= 15 is 0 Å². The average molecular weight is 198 g/mol. The van der Waals surface area contributed by atoms with Gasteiger partial charge in [-0.1, -0.05) is 66.7 Å². The largest absolute Gasteiger partial charge is 0.0654 e. The molecule has 0 amide bonds. The minimum Gasteiger partial charge on any atom is -0.0654 e. The topological polar surface area (TPSA) is 0 Å². The molecule has 86 valence electrons. The zero-order chi connectivity index (χ0) is 11.0. The highest BCUT2D eigenvalue weighted by molar-refractivity contribution is 4.65. The Morgan fingerprint density at radius 1 is 0.857 bits per heavy atom. The van der Waals surface area contributed by atoms with Gasteiger partial charge in [0.1, 0.15) is 0 Å². The second-order valence-electron chi connectivity index (χ2n) is 5.20.